The van der Waals surface area contributed by atoms with Gasteiger partial charge in [-0.05, 0) is 25.6 Å². The van der Waals surface area contributed by atoms with E-state index in [1.54, 1.807) is 19.2 Å². The van der Waals surface area contributed by atoms with Gasteiger partial charge in [-0.3, -0.25) is 0 Å². The van der Waals surface area contributed by atoms with Gasteiger partial charge in [0.05, 0.1) is 5.56 Å². The fourth-order valence-electron chi connectivity index (χ4n) is 2.16. The van der Waals surface area contributed by atoms with Gasteiger partial charge < -0.3 is 16.4 Å². The topological polar surface area (TPSA) is 62.4 Å². The van der Waals surface area contributed by atoms with Crippen molar-refractivity contribution in [3.63, 3.8) is 0 Å². The number of amidine groups is 1. The molecule has 114 valence electrons. The van der Waals surface area contributed by atoms with E-state index in [-0.39, 0.29) is 11.4 Å². The molecule has 2 rings (SSSR count). The molecule has 1 heterocycles. The highest BCUT2D eigenvalue weighted by Crippen LogP contribution is 2.35. The number of nitrogens with one attached hydrogen (secondary N) is 2. The Morgan fingerprint density at radius 3 is 2.71 bits per heavy atom. The van der Waals surface area contributed by atoms with E-state index in [1.807, 2.05) is 0 Å². The summed E-state index contributed by atoms with van der Waals surface area (Å²) >= 11 is 0. The van der Waals surface area contributed by atoms with Crippen molar-refractivity contribution < 1.29 is 13.2 Å². The molecule has 1 atom stereocenters. The van der Waals surface area contributed by atoms with Crippen molar-refractivity contribution in [1.82, 2.24) is 10.6 Å². The van der Waals surface area contributed by atoms with Crippen molar-refractivity contribution in [1.29, 1.82) is 0 Å². The minimum absolute atomic E-state index is 0.0722. The molecule has 0 saturated carbocycles. The van der Waals surface area contributed by atoms with Crippen LogP contribution < -0.4 is 16.4 Å². The second kappa shape index (κ2) is 6.17. The van der Waals surface area contributed by atoms with Gasteiger partial charge in [0.25, 0.3) is 0 Å². The lowest BCUT2D eigenvalue weighted by Crippen LogP contribution is -2.31. The molecule has 0 fully saturated rings. The van der Waals surface area contributed by atoms with Crippen molar-refractivity contribution >= 4 is 5.84 Å². The van der Waals surface area contributed by atoms with Gasteiger partial charge in [0.15, 0.2) is 0 Å². The number of benzene rings is 1. The maximum atomic E-state index is 13.1. The maximum absolute atomic E-state index is 13.1. The number of nitrogens with two attached hydrogens (primary N) is 1. The highest BCUT2D eigenvalue weighted by atomic mass is 19.4. The van der Waals surface area contributed by atoms with Gasteiger partial charge in [0.2, 0.25) is 0 Å². The Kier molecular flexibility index (Phi) is 4.52. The third-order valence-corrected chi connectivity index (χ3v) is 3.13. The molecule has 1 aliphatic rings. The molecule has 0 radical (unpaired) electrons. The van der Waals surface area contributed by atoms with Crippen LogP contribution in [0.25, 0.3) is 0 Å². The van der Waals surface area contributed by atoms with Crippen molar-refractivity contribution in [2.24, 2.45) is 10.7 Å². The van der Waals surface area contributed by atoms with Crippen molar-refractivity contribution in [3.05, 3.63) is 47.2 Å². The van der Waals surface area contributed by atoms with Gasteiger partial charge in [-0.25, -0.2) is 4.99 Å². The van der Waals surface area contributed by atoms with Crippen LogP contribution in [0.2, 0.25) is 0 Å². The van der Waals surface area contributed by atoms with E-state index in [0.717, 1.165) is 11.8 Å². The Bertz CT molecular complexity index is 564. The molecule has 1 unspecified atom stereocenters. The highest BCUT2D eigenvalue weighted by molar-refractivity contribution is 5.92. The first-order valence-corrected chi connectivity index (χ1v) is 6.53. The van der Waals surface area contributed by atoms with E-state index in [1.165, 1.54) is 12.1 Å². The first-order valence-electron chi connectivity index (χ1n) is 6.53. The molecule has 7 heteroatoms. The van der Waals surface area contributed by atoms with Crippen LogP contribution in [0.1, 0.15) is 23.7 Å². The number of rotatable bonds is 4. The minimum atomic E-state index is -4.42. The average Bonchev–Trinajstić information content (AvgIpc) is 2.43. The highest BCUT2D eigenvalue weighted by Gasteiger charge is 2.35. The molecule has 21 heavy (non-hydrogen) atoms. The molecule has 4 nitrogen and oxygen atoms in total. The van der Waals surface area contributed by atoms with E-state index >= 15 is 0 Å². The zero-order valence-electron chi connectivity index (χ0n) is 11.5. The predicted octanol–water partition coefficient (Wildman–Crippen LogP) is 2.16. The van der Waals surface area contributed by atoms with Crippen LogP contribution in [0, 0.1) is 0 Å². The van der Waals surface area contributed by atoms with Crippen molar-refractivity contribution in [2.75, 3.05) is 13.6 Å². The molecule has 0 amide bonds. The molecule has 0 aromatic heterocycles. The lowest BCUT2D eigenvalue weighted by molar-refractivity contribution is -0.138. The maximum Gasteiger partial charge on any atom is 0.416 e. The Balaban J connectivity index is 2.30. The second-order valence-corrected chi connectivity index (χ2v) is 4.71. The SMILES string of the molecule is CNCCC1=CC(N)=NC(c2ccccc2C(F)(F)F)N1. The number of aliphatic imine (C=N–C) groups is 1. The molecular formula is C14H17F3N4. The van der Waals surface area contributed by atoms with Crippen LogP contribution in [0.5, 0.6) is 0 Å². The van der Waals surface area contributed by atoms with Gasteiger partial charge in [-0.15, -0.1) is 0 Å². The monoisotopic (exact) mass is 298 g/mol. The number of hydrogen-bond donors (Lipinski definition) is 3. The average molecular weight is 298 g/mol. The molecule has 0 saturated heterocycles. The van der Waals surface area contributed by atoms with E-state index in [2.05, 4.69) is 15.6 Å². The van der Waals surface area contributed by atoms with Gasteiger partial charge in [-0.1, -0.05) is 18.2 Å². The zero-order chi connectivity index (χ0) is 15.5. The molecule has 1 aromatic rings. The quantitative estimate of drug-likeness (QED) is 0.798. The molecular weight excluding hydrogens is 281 g/mol. The molecule has 1 aromatic carbocycles. The van der Waals surface area contributed by atoms with Crippen LogP contribution in [0.15, 0.2) is 41.0 Å². The Morgan fingerprint density at radius 1 is 1.33 bits per heavy atom. The summed E-state index contributed by atoms with van der Waals surface area (Å²) in [5, 5.41) is 5.98. The zero-order valence-corrected chi connectivity index (χ0v) is 11.5. The van der Waals surface area contributed by atoms with Gasteiger partial charge >= 0.3 is 6.18 Å². The second-order valence-electron chi connectivity index (χ2n) is 4.71. The van der Waals surface area contributed by atoms with Crippen LogP contribution in [0.4, 0.5) is 13.2 Å². The number of alkyl halides is 3. The smallest absolute Gasteiger partial charge is 0.384 e. The minimum Gasteiger partial charge on any atom is -0.384 e. The normalized spacial score (nSPS) is 18.8. The molecule has 0 aliphatic carbocycles. The first kappa shape index (κ1) is 15.4. The van der Waals surface area contributed by atoms with Crippen LogP contribution in [0.3, 0.4) is 0 Å². The fraction of sp³-hybridized carbons (Fsp3) is 0.357. The standard InChI is InChI=1S/C14H17F3N4/c1-19-7-6-9-8-12(18)21-13(20-9)10-4-2-3-5-11(10)14(15,16)17/h2-5,8,13,19-20H,6-7H2,1H3,(H2,18,21). The van der Waals surface area contributed by atoms with Gasteiger partial charge in [-0.2, -0.15) is 13.2 Å². The Labute approximate surface area is 120 Å². The van der Waals surface area contributed by atoms with Gasteiger partial charge in [0, 0.05) is 17.8 Å². The van der Waals surface area contributed by atoms with Crippen LogP contribution in [-0.4, -0.2) is 19.4 Å². The lowest BCUT2D eigenvalue weighted by atomic mass is 10.0. The van der Waals surface area contributed by atoms with E-state index in [9.17, 15) is 13.2 Å². The number of halogens is 3. The van der Waals surface area contributed by atoms with Gasteiger partial charge in [0.1, 0.15) is 12.0 Å². The number of nitrogens with zero attached hydrogens (tertiary/aromatic N) is 1. The lowest BCUT2D eigenvalue weighted by Gasteiger charge is -2.25. The van der Waals surface area contributed by atoms with Crippen LogP contribution in [-0.2, 0) is 6.18 Å². The first-order chi connectivity index (χ1) is 9.91. The molecule has 0 spiro atoms. The summed E-state index contributed by atoms with van der Waals surface area (Å²) < 4.78 is 39.2. The summed E-state index contributed by atoms with van der Waals surface area (Å²) in [5.74, 6) is 0.224. The molecule has 1 aliphatic heterocycles. The summed E-state index contributed by atoms with van der Waals surface area (Å²) in [7, 11) is 1.80. The molecule has 0 bridgehead atoms. The largest absolute Gasteiger partial charge is 0.416 e. The van der Waals surface area contributed by atoms with Crippen molar-refractivity contribution in [2.45, 2.75) is 18.8 Å². The van der Waals surface area contributed by atoms with Crippen LogP contribution >= 0.6 is 0 Å². The third-order valence-electron chi connectivity index (χ3n) is 3.13. The summed E-state index contributed by atoms with van der Waals surface area (Å²) in [6, 6.07) is 5.39. The fourth-order valence-corrected chi connectivity index (χ4v) is 2.16. The van der Waals surface area contributed by atoms with Crippen molar-refractivity contribution in [3.8, 4) is 0 Å². The summed E-state index contributed by atoms with van der Waals surface area (Å²) in [6.45, 7) is 0.694. The van der Waals surface area contributed by atoms with E-state index in [0.29, 0.717) is 13.0 Å². The summed E-state index contributed by atoms with van der Waals surface area (Å²) in [4.78, 5) is 4.07. The third kappa shape index (κ3) is 3.75. The Hall–Kier alpha value is -2.02. The number of hydrogen-bond acceptors (Lipinski definition) is 4. The predicted molar refractivity (Wildman–Crippen MR) is 75.6 cm³/mol. The summed E-state index contributed by atoms with van der Waals surface area (Å²) in [5.41, 5.74) is 5.85. The summed E-state index contributed by atoms with van der Waals surface area (Å²) in [6.07, 6.45) is -2.96. The van der Waals surface area contributed by atoms with E-state index < -0.39 is 17.9 Å². The van der Waals surface area contributed by atoms with E-state index in [4.69, 9.17) is 5.73 Å². The Morgan fingerprint density at radius 2 is 2.05 bits per heavy atom. The molecule has 4 N–H and O–H groups in total.